The Morgan fingerprint density at radius 2 is 2.20 bits per heavy atom. The number of nitrogens with zero attached hydrogens (tertiary/aromatic N) is 2. The largest absolute Gasteiger partial charge is 0.495 e. The number of anilines is 1. The lowest BCUT2D eigenvalue weighted by Crippen LogP contribution is -2.25. The first kappa shape index (κ1) is 11.1. The van der Waals surface area contributed by atoms with E-state index in [2.05, 4.69) is 0 Å². The Kier molecular flexibility index (Phi) is 3.69. The van der Waals surface area contributed by atoms with Crippen molar-refractivity contribution in [3.05, 3.63) is 24.3 Å². The van der Waals surface area contributed by atoms with Crippen molar-refractivity contribution in [1.82, 2.24) is 0 Å². The SMILES string of the molecule is COc1ccccc1N(C)C(=O)CC#N. The summed E-state index contributed by atoms with van der Waals surface area (Å²) in [7, 11) is 3.17. The predicted molar refractivity (Wildman–Crippen MR) is 56.6 cm³/mol. The van der Waals surface area contributed by atoms with Gasteiger partial charge in [-0.25, -0.2) is 0 Å². The van der Waals surface area contributed by atoms with Crippen molar-refractivity contribution in [2.24, 2.45) is 0 Å². The van der Waals surface area contributed by atoms with E-state index in [0.717, 1.165) is 0 Å². The van der Waals surface area contributed by atoms with Crippen LogP contribution < -0.4 is 9.64 Å². The third kappa shape index (κ3) is 2.47. The van der Waals surface area contributed by atoms with Crippen molar-refractivity contribution in [3.63, 3.8) is 0 Å². The number of carbonyl (C=O) groups is 1. The molecule has 0 aliphatic rings. The molecule has 78 valence electrons. The average molecular weight is 204 g/mol. The second kappa shape index (κ2) is 5.01. The van der Waals surface area contributed by atoms with Crippen LogP contribution in [0.15, 0.2) is 24.3 Å². The first-order valence-corrected chi connectivity index (χ1v) is 4.47. The number of para-hydroxylation sites is 2. The number of hydrogen-bond donors (Lipinski definition) is 0. The molecule has 0 radical (unpaired) electrons. The van der Waals surface area contributed by atoms with Gasteiger partial charge in [0.1, 0.15) is 12.2 Å². The molecule has 0 aromatic heterocycles. The maximum atomic E-state index is 11.5. The highest BCUT2D eigenvalue weighted by Gasteiger charge is 2.13. The number of amides is 1. The molecule has 0 fully saturated rings. The molecule has 1 amide bonds. The molecule has 0 atom stereocenters. The van der Waals surface area contributed by atoms with Gasteiger partial charge in [0.2, 0.25) is 5.91 Å². The normalized spacial score (nSPS) is 9.13. The van der Waals surface area contributed by atoms with Crippen LogP contribution in [0, 0.1) is 11.3 Å². The highest BCUT2D eigenvalue weighted by atomic mass is 16.5. The molecule has 0 bridgehead atoms. The summed E-state index contributed by atoms with van der Waals surface area (Å²) in [4.78, 5) is 12.9. The smallest absolute Gasteiger partial charge is 0.241 e. The van der Waals surface area contributed by atoms with E-state index < -0.39 is 0 Å². The number of rotatable bonds is 3. The fourth-order valence-electron chi connectivity index (χ4n) is 1.23. The molecular weight excluding hydrogens is 192 g/mol. The Hall–Kier alpha value is -2.02. The van der Waals surface area contributed by atoms with Crippen LogP contribution in [0.2, 0.25) is 0 Å². The van der Waals surface area contributed by atoms with Crippen molar-refractivity contribution in [3.8, 4) is 11.8 Å². The molecule has 0 aliphatic heterocycles. The average Bonchev–Trinajstić information content (AvgIpc) is 2.28. The molecule has 0 saturated heterocycles. The summed E-state index contributed by atoms with van der Waals surface area (Å²) in [6, 6.07) is 9.00. The van der Waals surface area contributed by atoms with Gasteiger partial charge in [-0.2, -0.15) is 5.26 Å². The third-order valence-corrected chi connectivity index (χ3v) is 2.05. The first-order valence-electron chi connectivity index (χ1n) is 4.47. The summed E-state index contributed by atoms with van der Waals surface area (Å²) in [5.74, 6) is 0.369. The van der Waals surface area contributed by atoms with Gasteiger partial charge < -0.3 is 9.64 Å². The van der Waals surface area contributed by atoms with Gasteiger partial charge in [0.05, 0.1) is 18.9 Å². The van der Waals surface area contributed by atoms with Crippen LogP contribution in [0.25, 0.3) is 0 Å². The molecule has 1 rings (SSSR count). The van der Waals surface area contributed by atoms with E-state index in [4.69, 9.17) is 10.00 Å². The van der Waals surface area contributed by atoms with Gasteiger partial charge in [0.15, 0.2) is 0 Å². The van der Waals surface area contributed by atoms with Crippen molar-refractivity contribution in [1.29, 1.82) is 5.26 Å². The maximum Gasteiger partial charge on any atom is 0.241 e. The molecule has 1 aromatic rings. The maximum absolute atomic E-state index is 11.5. The summed E-state index contributed by atoms with van der Waals surface area (Å²) in [5, 5.41) is 8.43. The molecule has 0 N–H and O–H groups in total. The lowest BCUT2D eigenvalue weighted by atomic mass is 10.2. The fraction of sp³-hybridized carbons (Fsp3) is 0.273. The van der Waals surface area contributed by atoms with Crippen LogP contribution in [-0.2, 0) is 4.79 Å². The van der Waals surface area contributed by atoms with Crippen LogP contribution in [0.1, 0.15) is 6.42 Å². The van der Waals surface area contributed by atoms with E-state index >= 15 is 0 Å². The van der Waals surface area contributed by atoms with Crippen molar-refractivity contribution in [2.75, 3.05) is 19.1 Å². The highest BCUT2D eigenvalue weighted by Crippen LogP contribution is 2.26. The van der Waals surface area contributed by atoms with Crippen LogP contribution in [0.4, 0.5) is 5.69 Å². The fourth-order valence-corrected chi connectivity index (χ4v) is 1.23. The predicted octanol–water partition coefficient (Wildman–Crippen LogP) is 1.57. The quantitative estimate of drug-likeness (QED) is 0.751. The minimum absolute atomic E-state index is 0.130. The summed E-state index contributed by atoms with van der Waals surface area (Å²) >= 11 is 0. The topological polar surface area (TPSA) is 53.3 Å². The van der Waals surface area contributed by atoms with Gasteiger partial charge in [0, 0.05) is 7.05 Å². The summed E-state index contributed by atoms with van der Waals surface area (Å²) in [6.45, 7) is 0. The highest BCUT2D eigenvalue weighted by molar-refractivity contribution is 5.95. The Labute approximate surface area is 88.7 Å². The third-order valence-electron chi connectivity index (χ3n) is 2.05. The van der Waals surface area contributed by atoms with Gasteiger partial charge >= 0.3 is 0 Å². The van der Waals surface area contributed by atoms with Gasteiger partial charge in [-0.1, -0.05) is 12.1 Å². The zero-order valence-electron chi connectivity index (χ0n) is 8.73. The van der Waals surface area contributed by atoms with Crippen molar-refractivity contribution in [2.45, 2.75) is 6.42 Å². The van der Waals surface area contributed by atoms with E-state index in [1.54, 1.807) is 26.3 Å². The summed E-state index contributed by atoms with van der Waals surface area (Å²) in [6.07, 6.45) is -0.130. The Morgan fingerprint density at radius 1 is 1.53 bits per heavy atom. The van der Waals surface area contributed by atoms with E-state index in [0.29, 0.717) is 11.4 Å². The number of carbonyl (C=O) groups excluding carboxylic acids is 1. The van der Waals surface area contributed by atoms with Gasteiger partial charge in [-0.05, 0) is 12.1 Å². The molecule has 0 unspecified atom stereocenters. The molecular formula is C11H12N2O2. The zero-order chi connectivity index (χ0) is 11.3. The van der Waals surface area contributed by atoms with E-state index in [9.17, 15) is 4.79 Å². The van der Waals surface area contributed by atoms with E-state index in [1.807, 2.05) is 18.2 Å². The minimum Gasteiger partial charge on any atom is -0.495 e. The number of ether oxygens (including phenoxy) is 1. The number of benzene rings is 1. The van der Waals surface area contributed by atoms with E-state index in [1.165, 1.54) is 4.90 Å². The Bertz CT molecular complexity index is 396. The standard InChI is InChI=1S/C11H12N2O2/c1-13(11(14)7-8-12)9-5-3-4-6-10(9)15-2/h3-6H,7H2,1-2H3. The molecule has 4 nitrogen and oxygen atoms in total. The van der Waals surface area contributed by atoms with Crippen LogP contribution >= 0.6 is 0 Å². The lowest BCUT2D eigenvalue weighted by molar-refractivity contribution is -0.117. The molecule has 0 spiro atoms. The zero-order valence-corrected chi connectivity index (χ0v) is 8.73. The molecule has 1 aromatic carbocycles. The van der Waals surface area contributed by atoms with Crippen LogP contribution in [0.3, 0.4) is 0 Å². The minimum atomic E-state index is -0.248. The second-order valence-corrected chi connectivity index (χ2v) is 2.96. The summed E-state index contributed by atoms with van der Waals surface area (Å²) < 4.78 is 5.12. The number of hydrogen-bond acceptors (Lipinski definition) is 3. The van der Waals surface area contributed by atoms with Crippen molar-refractivity contribution >= 4 is 11.6 Å². The first-order chi connectivity index (χ1) is 7.20. The second-order valence-electron chi connectivity index (χ2n) is 2.96. The van der Waals surface area contributed by atoms with E-state index in [-0.39, 0.29) is 12.3 Å². The molecule has 15 heavy (non-hydrogen) atoms. The van der Waals surface area contributed by atoms with Gasteiger partial charge in [0.25, 0.3) is 0 Å². The number of methoxy groups -OCH3 is 1. The van der Waals surface area contributed by atoms with Crippen LogP contribution in [-0.4, -0.2) is 20.1 Å². The Morgan fingerprint density at radius 3 is 2.80 bits per heavy atom. The van der Waals surface area contributed by atoms with Gasteiger partial charge in [-0.15, -0.1) is 0 Å². The monoisotopic (exact) mass is 204 g/mol. The van der Waals surface area contributed by atoms with Crippen molar-refractivity contribution < 1.29 is 9.53 Å². The number of nitriles is 1. The van der Waals surface area contributed by atoms with Gasteiger partial charge in [-0.3, -0.25) is 4.79 Å². The van der Waals surface area contributed by atoms with Crippen LogP contribution in [0.5, 0.6) is 5.75 Å². The molecule has 0 saturated carbocycles. The molecule has 4 heteroatoms. The summed E-state index contributed by atoms with van der Waals surface area (Å²) in [5.41, 5.74) is 0.667. The Balaban J connectivity index is 2.95. The molecule has 0 heterocycles. The molecule has 0 aliphatic carbocycles. The lowest BCUT2D eigenvalue weighted by Gasteiger charge is -2.18.